The summed E-state index contributed by atoms with van der Waals surface area (Å²) in [5.41, 5.74) is 9.26. The summed E-state index contributed by atoms with van der Waals surface area (Å²) in [7, 11) is -9.96. The van der Waals surface area contributed by atoms with E-state index < -0.39 is 15.6 Å². The molecule has 1 unspecified atom stereocenters. The van der Waals surface area contributed by atoms with Crippen molar-refractivity contribution in [2.45, 2.75) is 33.2 Å². The standard InChI is InChI=1S/C15H25N5O7P2S.ClH.2H2O/c1-11-14(4-7-26-29(24,25)27-28(21,22)23)30-10-20(11)9-13-8-18-12(2)19-15(13)17-6-3-5-16;;;/h8,10H,3-7,9,16H2,1-2H3,(H3-,17,18,19,21,22,23,24,25);1H;2*1H2. The number of phosphoric acid groups is 2. The molecule has 0 amide bonds. The summed E-state index contributed by atoms with van der Waals surface area (Å²) in [4.78, 5) is 36.2. The number of halogens is 1. The van der Waals surface area contributed by atoms with Gasteiger partial charge in [0.15, 0.2) is 12.2 Å². The molecule has 2 aromatic heterocycles. The van der Waals surface area contributed by atoms with Gasteiger partial charge in [-0.25, -0.2) is 19.1 Å². The van der Waals surface area contributed by atoms with Crippen LogP contribution >= 0.6 is 27.0 Å². The van der Waals surface area contributed by atoms with Crippen LogP contribution in [0.4, 0.5) is 5.82 Å². The lowest BCUT2D eigenvalue weighted by Gasteiger charge is -2.11. The van der Waals surface area contributed by atoms with E-state index in [4.69, 9.17) is 15.5 Å². The first-order valence-corrected chi connectivity index (χ1v) is 12.9. The van der Waals surface area contributed by atoms with Crippen LogP contribution < -0.4 is 28.0 Å². The Morgan fingerprint density at radius 2 is 1.91 bits per heavy atom. The van der Waals surface area contributed by atoms with Crippen molar-refractivity contribution < 1.29 is 60.6 Å². The average Bonchev–Trinajstić information content (AvgIpc) is 2.95. The molecule has 1 atom stereocenters. The van der Waals surface area contributed by atoms with Gasteiger partial charge in [-0.3, -0.25) is 4.52 Å². The van der Waals surface area contributed by atoms with E-state index in [-0.39, 0.29) is 36.4 Å². The number of nitrogens with two attached hydrogens (primary N) is 1. The Kier molecular flexibility index (Phi) is 15.5. The number of rotatable bonds is 12. The van der Waals surface area contributed by atoms with E-state index in [1.165, 1.54) is 11.3 Å². The fourth-order valence-corrected chi connectivity index (χ4v) is 5.08. The molecule has 0 aliphatic heterocycles. The number of hydrogen-bond acceptors (Lipinski definition) is 9. The summed E-state index contributed by atoms with van der Waals surface area (Å²) in [5.74, 6) is 1.40. The first-order chi connectivity index (χ1) is 14.0. The highest BCUT2D eigenvalue weighted by Crippen LogP contribution is 2.57. The van der Waals surface area contributed by atoms with Crippen molar-refractivity contribution in [3.8, 4) is 0 Å². The maximum atomic E-state index is 11.5. The van der Waals surface area contributed by atoms with E-state index in [2.05, 4.69) is 24.1 Å². The van der Waals surface area contributed by atoms with Crippen LogP contribution in [0.15, 0.2) is 11.7 Å². The van der Waals surface area contributed by atoms with E-state index in [9.17, 15) is 14.0 Å². The first kappa shape index (κ1) is 34.1. The minimum absolute atomic E-state index is 0. The van der Waals surface area contributed by atoms with E-state index in [0.29, 0.717) is 25.5 Å². The van der Waals surface area contributed by atoms with Gasteiger partial charge in [-0.2, -0.15) is 8.88 Å². The van der Waals surface area contributed by atoms with Crippen LogP contribution in [0.2, 0.25) is 0 Å². The van der Waals surface area contributed by atoms with Gasteiger partial charge in [0.1, 0.15) is 11.6 Å². The molecule has 0 fully saturated rings. The zero-order valence-electron chi connectivity index (χ0n) is 18.0. The monoisotopic (exact) mass is 553 g/mol. The summed E-state index contributed by atoms with van der Waals surface area (Å²) in [5, 5.41) is 3.27. The topological polar surface area (TPSA) is 244 Å². The van der Waals surface area contributed by atoms with Crippen molar-refractivity contribution in [3.05, 3.63) is 33.7 Å². The number of anilines is 1. The van der Waals surface area contributed by atoms with Gasteiger partial charge in [0, 0.05) is 26.1 Å². The SMILES string of the molecule is Cc1ncc(C[n+]2csc(CCOP(=O)(O)OP(=O)(O)O)c2C)c(NCCCN)n1.O.O.[Cl-]. The number of aryl methyl sites for hydroxylation is 1. The molecule has 33 heavy (non-hydrogen) atoms. The molecule has 2 heterocycles. The predicted molar refractivity (Wildman–Crippen MR) is 117 cm³/mol. The van der Waals surface area contributed by atoms with E-state index >= 15 is 0 Å². The van der Waals surface area contributed by atoms with Crippen molar-refractivity contribution in [3.63, 3.8) is 0 Å². The van der Waals surface area contributed by atoms with Crippen LogP contribution in [0.1, 0.15) is 28.4 Å². The molecule has 0 bridgehead atoms. The Balaban J connectivity index is 0. The maximum Gasteiger partial charge on any atom is 0.481 e. The minimum Gasteiger partial charge on any atom is -1.00 e. The maximum absolute atomic E-state index is 11.5. The van der Waals surface area contributed by atoms with Crippen LogP contribution in [-0.4, -0.2) is 55.3 Å². The van der Waals surface area contributed by atoms with Gasteiger partial charge in [0.05, 0.1) is 17.0 Å². The first-order valence-electron chi connectivity index (χ1n) is 8.98. The Morgan fingerprint density at radius 3 is 2.52 bits per heavy atom. The molecule has 0 saturated carbocycles. The van der Waals surface area contributed by atoms with Gasteiger partial charge < -0.3 is 49.1 Å². The summed E-state index contributed by atoms with van der Waals surface area (Å²) in [6, 6.07) is 0. The highest BCUT2D eigenvalue weighted by molar-refractivity contribution is 7.60. The van der Waals surface area contributed by atoms with Gasteiger partial charge in [-0.1, -0.05) is 11.3 Å². The molecule has 0 radical (unpaired) electrons. The second-order valence-corrected chi connectivity index (χ2v) is 10.1. The normalized spacial score (nSPS) is 12.7. The summed E-state index contributed by atoms with van der Waals surface area (Å²) in [6.07, 6.45) is 2.85. The molecule has 0 saturated heterocycles. The molecule has 2 rings (SSSR count). The number of aromatic nitrogens is 3. The number of phosphoric ester groups is 1. The van der Waals surface area contributed by atoms with E-state index in [0.717, 1.165) is 28.4 Å². The third-order valence-corrected chi connectivity index (χ3v) is 7.28. The molecular weight excluding hydrogens is 524 g/mol. The Bertz CT molecular complexity index is 962. The Hall–Kier alpha value is -1.06. The van der Waals surface area contributed by atoms with E-state index in [1.807, 2.05) is 23.9 Å². The lowest BCUT2D eigenvalue weighted by Crippen LogP contribution is -3.00. The number of thiazole rings is 1. The lowest BCUT2D eigenvalue weighted by molar-refractivity contribution is -0.689. The van der Waals surface area contributed by atoms with Gasteiger partial charge in [-0.05, 0) is 19.9 Å². The van der Waals surface area contributed by atoms with Crippen molar-refractivity contribution in [1.82, 2.24) is 9.97 Å². The fraction of sp³-hybridized carbons (Fsp3) is 0.533. The van der Waals surface area contributed by atoms with Crippen molar-refractivity contribution >= 4 is 32.8 Å². The van der Waals surface area contributed by atoms with Crippen LogP contribution in [0.25, 0.3) is 0 Å². The van der Waals surface area contributed by atoms with E-state index in [1.54, 1.807) is 6.20 Å². The number of nitrogens with one attached hydrogen (secondary N) is 1. The van der Waals surface area contributed by atoms with Gasteiger partial charge in [0.2, 0.25) is 5.51 Å². The third-order valence-electron chi connectivity index (χ3n) is 3.95. The molecule has 2 aromatic rings. The minimum atomic E-state index is -5.13. The second kappa shape index (κ2) is 15.0. The molecule has 192 valence electrons. The largest absolute Gasteiger partial charge is 1.00 e. The quantitative estimate of drug-likeness (QED) is 0.0974. The summed E-state index contributed by atoms with van der Waals surface area (Å²) in [6.45, 7) is 5.27. The van der Waals surface area contributed by atoms with Crippen molar-refractivity contribution in [1.29, 1.82) is 0 Å². The Labute approximate surface area is 201 Å². The smallest absolute Gasteiger partial charge is 0.481 e. The van der Waals surface area contributed by atoms with Crippen LogP contribution in [0.3, 0.4) is 0 Å². The highest BCUT2D eigenvalue weighted by Gasteiger charge is 2.32. The van der Waals surface area contributed by atoms with Crippen molar-refractivity contribution in [2.24, 2.45) is 5.73 Å². The molecular formula is C15H30ClN5O9P2S. The lowest BCUT2D eigenvalue weighted by atomic mass is 10.2. The zero-order valence-corrected chi connectivity index (χ0v) is 21.3. The predicted octanol–water partition coefficient (Wildman–Crippen LogP) is -3.63. The van der Waals surface area contributed by atoms with Gasteiger partial charge >= 0.3 is 15.6 Å². The zero-order chi connectivity index (χ0) is 22.4. The number of nitrogens with zero attached hydrogens (tertiary/aromatic N) is 3. The van der Waals surface area contributed by atoms with Crippen LogP contribution in [0.5, 0.6) is 0 Å². The fourth-order valence-electron chi connectivity index (χ4n) is 2.52. The molecule has 0 aromatic carbocycles. The second-order valence-electron chi connectivity index (χ2n) is 6.34. The van der Waals surface area contributed by atoms with Gasteiger partial charge in [0.25, 0.3) is 0 Å². The molecule has 14 nitrogen and oxygen atoms in total. The van der Waals surface area contributed by atoms with Crippen LogP contribution in [-0.2, 0) is 30.9 Å². The van der Waals surface area contributed by atoms with Crippen LogP contribution in [0, 0.1) is 13.8 Å². The molecule has 0 aliphatic rings. The number of hydrogen-bond donors (Lipinski definition) is 5. The van der Waals surface area contributed by atoms with Gasteiger partial charge in [-0.15, -0.1) is 0 Å². The van der Waals surface area contributed by atoms with Crippen molar-refractivity contribution in [2.75, 3.05) is 25.0 Å². The summed E-state index contributed by atoms with van der Waals surface area (Å²) >= 11 is 1.43. The molecule has 0 aliphatic carbocycles. The molecule has 18 heteroatoms. The average molecular weight is 554 g/mol. The Morgan fingerprint density at radius 1 is 1.24 bits per heavy atom. The molecule has 0 spiro atoms. The summed E-state index contributed by atoms with van der Waals surface area (Å²) < 4.78 is 32.6. The third kappa shape index (κ3) is 11.8. The highest BCUT2D eigenvalue weighted by atomic mass is 35.5. The molecule has 10 N–H and O–H groups in total.